The normalized spacial score (nSPS) is 12.5. The Morgan fingerprint density at radius 3 is 2.74 bits per heavy atom. The maximum atomic E-state index is 12.5. The molecule has 4 aromatic rings. The molecular weight excluding hydrogens is 438 g/mol. The zero-order chi connectivity index (χ0) is 21.2. The van der Waals surface area contributed by atoms with Crippen molar-refractivity contribution in [2.75, 3.05) is 25.1 Å². The molecule has 0 atom stereocenters. The van der Waals surface area contributed by atoms with Crippen LogP contribution in [0.2, 0.25) is 5.02 Å². The highest BCUT2D eigenvalue weighted by Crippen LogP contribution is 2.38. The Morgan fingerprint density at radius 1 is 1.10 bits per heavy atom. The molecule has 0 bridgehead atoms. The second-order valence-electron chi connectivity index (χ2n) is 6.71. The molecule has 3 heterocycles. The molecule has 1 aliphatic rings. The summed E-state index contributed by atoms with van der Waals surface area (Å²) >= 11 is 7.49. The van der Waals surface area contributed by atoms with E-state index in [-0.39, 0.29) is 12.5 Å². The number of aromatic nitrogens is 2. The highest BCUT2D eigenvalue weighted by atomic mass is 35.5. The topological polar surface area (TPSA) is 82.6 Å². The Morgan fingerprint density at radius 2 is 1.90 bits per heavy atom. The molecule has 0 spiro atoms. The van der Waals surface area contributed by atoms with Gasteiger partial charge in [-0.05, 0) is 29.8 Å². The summed E-state index contributed by atoms with van der Waals surface area (Å²) in [5.74, 6) is 1.31. The third-order valence-electron chi connectivity index (χ3n) is 4.66. The Labute approximate surface area is 186 Å². The lowest BCUT2D eigenvalue weighted by Gasteiger charge is -2.19. The monoisotopic (exact) mass is 453 g/mol. The summed E-state index contributed by atoms with van der Waals surface area (Å²) in [6.07, 6.45) is 1.43. The van der Waals surface area contributed by atoms with Crippen molar-refractivity contribution in [3.8, 4) is 28.5 Å². The Bertz CT molecular complexity index is 1260. The molecule has 31 heavy (non-hydrogen) atoms. The molecule has 0 unspecified atom stereocenters. The van der Waals surface area contributed by atoms with Gasteiger partial charge in [-0.3, -0.25) is 4.79 Å². The molecule has 2 aromatic heterocycles. The highest BCUT2D eigenvalue weighted by Gasteiger charge is 2.16. The van der Waals surface area contributed by atoms with Crippen molar-refractivity contribution in [1.29, 1.82) is 0 Å². The first-order chi connectivity index (χ1) is 15.2. The fourth-order valence-corrected chi connectivity index (χ4v) is 4.28. The molecule has 1 amide bonds. The summed E-state index contributed by atoms with van der Waals surface area (Å²) in [4.78, 5) is 21.8. The zero-order valence-electron chi connectivity index (χ0n) is 16.1. The third-order valence-corrected chi connectivity index (χ3v) is 5.79. The average molecular weight is 454 g/mol. The molecule has 5 rings (SSSR count). The number of amides is 1. The van der Waals surface area contributed by atoms with E-state index >= 15 is 0 Å². The van der Waals surface area contributed by atoms with Crippen molar-refractivity contribution in [3.63, 3.8) is 0 Å². The van der Waals surface area contributed by atoms with Crippen LogP contribution in [0, 0.1) is 0 Å². The lowest BCUT2D eigenvalue weighted by molar-refractivity contribution is -0.118. The number of rotatable bonds is 5. The van der Waals surface area contributed by atoms with E-state index in [1.165, 1.54) is 17.7 Å². The number of carbonyl (C=O) groups excluding carboxylic acids is 1. The fraction of sp³-hybridized carbons (Fsp3) is 0.136. The van der Waals surface area contributed by atoms with Gasteiger partial charge in [0, 0.05) is 27.7 Å². The van der Waals surface area contributed by atoms with Gasteiger partial charge in [-0.25, -0.2) is 9.97 Å². The number of anilines is 1. The minimum Gasteiger partial charge on any atom is -0.486 e. The number of hydrogen-bond donors (Lipinski definition) is 1. The highest BCUT2D eigenvalue weighted by molar-refractivity contribution is 7.17. The van der Waals surface area contributed by atoms with Crippen molar-refractivity contribution >= 4 is 44.7 Å². The first kappa shape index (κ1) is 19.6. The minimum absolute atomic E-state index is 0.198. The van der Waals surface area contributed by atoms with Crippen LogP contribution in [0.5, 0.6) is 17.4 Å². The molecular formula is C22H16ClN3O4S. The molecule has 0 fully saturated rings. The average Bonchev–Trinajstić information content (AvgIpc) is 3.23. The largest absolute Gasteiger partial charge is 0.486 e. The third kappa shape index (κ3) is 4.12. The number of benzene rings is 2. The van der Waals surface area contributed by atoms with Crippen LogP contribution in [0.1, 0.15) is 0 Å². The van der Waals surface area contributed by atoms with Crippen LogP contribution in [-0.2, 0) is 4.79 Å². The number of thiophene rings is 1. The number of nitrogens with one attached hydrogen (secondary N) is 1. The summed E-state index contributed by atoms with van der Waals surface area (Å²) in [6, 6.07) is 12.8. The Hall–Kier alpha value is -3.36. The quantitative estimate of drug-likeness (QED) is 0.467. The molecule has 1 N–H and O–H groups in total. The number of hydrogen-bond acceptors (Lipinski definition) is 7. The summed E-state index contributed by atoms with van der Waals surface area (Å²) in [7, 11) is 0. The molecule has 9 heteroatoms. The van der Waals surface area contributed by atoms with Crippen LogP contribution in [0.4, 0.5) is 5.69 Å². The second kappa shape index (κ2) is 8.41. The summed E-state index contributed by atoms with van der Waals surface area (Å²) in [6.45, 7) is 0.796. The first-order valence-electron chi connectivity index (χ1n) is 9.48. The number of ether oxygens (including phenoxy) is 3. The van der Waals surface area contributed by atoms with Crippen LogP contribution < -0.4 is 19.5 Å². The van der Waals surface area contributed by atoms with Crippen LogP contribution in [0.25, 0.3) is 21.3 Å². The lowest BCUT2D eigenvalue weighted by atomic mass is 10.1. The number of fused-ring (bicyclic) bond motifs is 2. The van der Waals surface area contributed by atoms with Gasteiger partial charge in [-0.15, -0.1) is 11.3 Å². The predicted octanol–water partition coefficient (Wildman–Crippen LogP) is 4.80. The molecule has 2 aromatic carbocycles. The van der Waals surface area contributed by atoms with Crippen molar-refractivity contribution in [2.24, 2.45) is 0 Å². The van der Waals surface area contributed by atoms with Gasteiger partial charge in [0.25, 0.3) is 5.91 Å². The van der Waals surface area contributed by atoms with Crippen molar-refractivity contribution in [3.05, 3.63) is 59.2 Å². The van der Waals surface area contributed by atoms with E-state index in [2.05, 4.69) is 15.3 Å². The zero-order valence-corrected chi connectivity index (χ0v) is 17.7. The molecule has 0 saturated carbocycles. The van der Waals surface area contributed by atoms with E-state index in [1.54, 1.807) is 18.2 Å². The van der Waals surface area contributed by atoms with Crippen LogP contribution >= 0.6 is 22.9 Å². The SMILES string of the molecule is O=C(COc1ncnc2scc(-c3ccc(Cl)cc3)c12)Nc1ccc2c(c1)OCCO2. The van der Waals surface area contributed by atoms with Gasteiger partial charge in [0.05, 0.1) is 5.39 Å². The maximum Gasteiger partial charge on any atom is 0.262 e. The summed E-state index contributed by atoms with van der Waals surface area (Å²) in [5.41, 5.74) is 2.50. The van der Waals surface area contributed by atoms with Crippen molar-refractivity contribution in [1.82, 2.24) is 9.97 Å². The smallest absolute Gasteiger partial charge is 0.262 e. The predicted molar refractivity (Wildman–Crippen MR) is 119 cm³/mol. The van der Waals surface area contributed by atoms with E-state index in [0.29, 0.717) is 41.3 Å². The van der Waals surface area contributed by atoms with Crippen molar-refractivity contribution in [2.45, 2.75) is 0 Å². The Balaban J connectivity index is 1.33. The van der Waals surface area contributed by atoms with E-state index < -0.39 is 0 Å². The molecule has 0 aliphatic carbocycles. The second-order valence-corrected chi connectivity index (χ2v) is 8.01. The van der Waals surface area contributed by atoms with Crippen LogP contribution in [0.3, 0.4) is 0 Å². The van der Waals surface area contributed by atoms with Gasteiger partial charge >= 0.3 is 0 Å². The minimum atomic E-state index is -0.313. The van der Waals surface area contributed by atoms with Gasteiger partial charge in [0.15, 0.2) is 18.1 Å². The Kier molecular flexibility index (Phi) is 5.31. The molecule has 156 valence electrons. The van der Waals surface area contributed by atoms with Crippen LogP contribution in [-0.4, -0.2) is 35.7 Å². The van der Waals surface area contributed by atoms with E-state index in [0.717, 1.165) is 21.3 Å². The number of carbonyl (C=O) groups is 1. The summed E-state index contributed by atoms with van der Waals surface area (Å²) < 4.78 is 16.8. The maximum absolute atomic E-state index is 12.5. The van der Waals surface area contributed by atoms with Gasteiger partial charge in [-0.2, -0.15) is 0 Å². The van der Waals surface area contributed by atoms with Crippen LogP contribution in [0.15, 0.2) is 54.2 Å². The van der Waals surface area contributed by atoms with Gasteiger partial charge in [0.2, 0.25) is 5.88 Å². The molecule has 0 saturated heterocycles. The van der Waals surface area contributed by atoms with E-state index in [4.69, 9.17) is 25.8 Å². The van der Waals surface area contributed by atoms with Gasteiger partial charge in [0.1, 0.15) is 24.4 Å². The molecule has 7 nitrogen and oxygen atoms in total. The molecule has 1 aliphatic heterocycles. The standard InChI is InChI=1S/C22H16ClN3O4S/c23-14-3-1-13(2-4-14)16-11-31-22-20(16)21(24-12-25-22)30-10-19(27)26-15-5-6-17-18(9-15)29-8-7-28-17/h1-6,9,11-12H,7-8,10H2,(H,26,27). The van der Waals surface area contributed by atoms with Crippen molar-refractivity contribution < 1.29 is 19.0 Å². The lowest BCUT2D eigenvalue weighted by Crippen LogP contribution is -2.21. The number of nitrogens with zero attached hydrogens (tertiary/aromatic N) is 2. The van der Waals surface area contributed by atoms with E-state index in [9.17, 15) is 4.79 Å². The van der Waals surface area contributed by atoms with Gasteiger partial charge < -0.3 is 19.5 Å². The first-order valence-corrected chi connectivity index (χ1v) is 10.7. The number of halogens is 1. The van der Waals surface area contributed by atoms with E-state index in [1.807, 2.05) is 29.6 Å². The fourth-order valence-electron chi connectivity index (χ4n) is 3.25. The molecule has 0 radical (unpaired) electrons. The van der Waals surface area contributed by atoms with Gasteiger partial charge in [-0.1, -0.05) is 23.7 Å². The summed E-state index contributed by atoms with van der Waals surface area (Å²) in [5, 5.41) is 6.22.